The summed E-state index contributed by atoms with van der Waals surface area (Å²) in [6.45, 7) is 2.02. The lowest BCUT2D eigenvalue weighted by molar-refractivity contribution is -0.135. The summed E-state index contributed by atoms with van der Waals surface area (Å²) in [7, 11) is 0. The summed E-state index contributed by atoms with van der Waals surface area (Å²) in [4.78, 5) is 12.2. The lowest BCUT2D eigenvalue weighted by Gasteiger charge is -2.26. The van der Waals surface area contributed by atoms with E-state index in [1.54, 1.807) is 0 Å². The number of carbonyl (C=O) groups is 1. The van der Waals surface area contributed by atoms with Crippen molar-refractivity contribution in [1.29, 1.82) is 0 Å². The highest BCUT2D eigenvalue weighted by molar-refractivity contribution is 9.10. The molecule has 1 aromatic rings. The molecule has 1 heterocycles. The van der Waals surface area contributed by atoms with Crippen molar-refractivity contribution in [3.8, 4) is 0 Å². The van der Waals surface area contributed by atoms with Gasteiger partial charge in [0.1, 0.15) is 6.10 Å². The normalized spacial score (nSPS) is 24.8. The van der Waals surface area contributed by atoms with E-state index in [0.717, 1.165) is 23.9 Å². The lowest BCUT2D eigenvalue weighted by atomic mass is 10.0. The Kier molecular flexibility index (Phi) is 3.60. The van der Waals surface area contributed by atoms with Gasteiger partial charge < -0.3 is 15.4 Å². The fourth-order valence-corrected chi connectivity index (χ4v) is 2.85. The number of nitrogens with one attached hydrogen (secondary N) is 2. The molecular weight excluding hydrogens is 308 g/mol. The highest BCUT2D eigenvalue weighted by Gasteiger charge is 2.46. The molecule has 1 saturated carbocycles. The third-order valence-electron chi connectivity index (χ3n) is 3.71. The molecule has 1 atom stereocenters. The van der Waals surface area contributed by atoms with E-state index >= 15 is 0 Å². The summed E-state index contributed by atoms with van der Waals surface area (Å²) in [5.74, 6) is -0.00956. The van der Waals surface area contributed by atoms with Crippen molar-refractivity contribution in [3.05, 3.63) is 34.3 Å². The number of hydrogen-bond acceptors (Lipinski definition) is 3. The van der Waals surface area contributed by atoms with Gasteiger partial charge in [-0.15, -0.1) is 0 Å². The van der Waals surface area contributed by atoms with Crippen LogP contribution >= 0.6 is 15.9 Å². The fourth-order valence-electron chi connectivity index (χ4n) is 2.45. The molecular formula is C14H17BrN2O2. The van der Waals surface area contributed by atoms with Crippen LogP contribution in [0.3, 0.4) is 0 Å². The SMILES string of the molecule is O=C(NC1(c2cccc(Br)c2)CC1)C1CNCCO1. The number of amides is 1. The second kappa shape index (κ2) is 5.23. The Balaban J connectivity index is 1.70. The van der Waals surface area contributed by atoms with Crippen LogP contribution in [-0.2, 0) is 15.1 Å². The number of halogens is 1. The van der Waals surface area contributed by atoms with Gasteiger partial charge in [-0.3, -0.25) is 4.79 Å². The Morgan fingerprint density at radius 2 is 2.32 bits per heavy atom. The van der Waals surface area contributed by atoms with Gasteiger partial charge in [0.2, 0.25) is 0 Å². The molecule has 0 bridgehead atoms. The van der Waals surface area contributed by atoms with Crippen LogP contribution in [0.15, 0.2) is 28.7 Å². The maximum Gasteiger partial charge on any atom is 0.251 e. The van der Waals surface area contributed by atoms with Crippen molar-refractivity contribution in [2.45, 2.75) is 24.5 Å². The van der Waals surface area contributed by atoms with Gasteiger partial charge in [-0.1, -0.05) is 28.1 Å². The van der Waals surface area contributed by atoms with Gasteiger partial charge in [0.15, 0.2) is 0 Å². The van der Waals surface area contributed by atoms with Crippen LogP contribution < -0.4 is 10.6 Å². The number of morpholine rings is 1. The average molecular weight is 325 g/mol. The minimum absolute atomic E-state index is 0.00956. The first-order valence-electron chi connectivity index (χ1n) is 6.60. The molecule has 1 aliphatic carbocycles. The van der Waals surface area contributed by atoms with Crippen molar-refractivity contribution < 1.29 is 9.53 Å². The Labute approximate surface area is 121 Å². The van der Waals surface area contributed by atoms with E-state index in [-0.39, 0.29) is 17.6 Å². The first-order valence-corrected chi connectivity index (χ1v) is 7.39. The monoisotopic (exact) mass is 324 g/mol. The molecule has 1 amide bonds. The van der Waals surface area contributed by atoms with Crippen LogP contribution in [0.2, 0.25) is 0 Å². The molecule has 102 valence electrons. The van der Waals surface area contributed by atoms with Crippen molar-refractivity contribution >= 4 is 21.8 Å². The van der Waals surface area contributed by atoms with Gasteiger partial charge in [-0.25, -0.2) is 0 Å². The second-order valence-corrected chi connectivity index (χ2v) is 6.06. The van der Waals surface area contributed by atoms with Gasteiger partial charge in [0.25, 0.3) is 5.91 Å². The summed E-state index contributed by atoms with van der Waals surface area (Å²) in [6.07, 6.45) is 1.63. The molecule has 0 aromatic heterocycles. The molecule has 0 spiro atoms. The van der Waals surface area contributed by atoms with E-state index in [0.29, 0.717) is 13.2 Å². The molecule has 2 fully saturated rings. The molecule has 3 rings (SSSR count). The Bertz CT molecular complexity index is 482. The van der Waals surface area contributed by atoms with Crippen molar-refractivity contribution in [2.24, 2.45) is 0 Å². The maximum atomic E-state index is 12.2. The smallest absolute Gasteiger partial charge is 0.251 e. The largest absolute Gasteiger partial charge is 0.366 e. The van der Waals surface area contributed by atoms with E-state index in [9.17, 15) is 4.79 Å². The fraction of sp³-hybridized carbons (Fsp3) is 0.500. The number of carbonyl (C=O) groups excluding carboxylic acids is 1. The zero-order valence-corrected chi connectivity index (χ0v) is 12.2. The van der Waals surface area contributed by atoms with Gasteiger partial charge in [0.05, 0.1) is 12.1 Å². The van der Waals surface area contributed by atoms with Crippen LogP contribution in [0.25, 0.3) is 0 Å². The summed E-state index contributed by atoms with van der Waals surface area (Å²) in [5.41, 5.74) is 0.987. The first-order chi connectivity index (χ1) is 9.20. The van der Waals surface area contributed by atoms with E-state index < -0.39 is 0 Å². The highest BCUT2D eigenvalue weighted by atomic mass is 79.9. The Hall–Kier alpha value is -0.910. The predicted molar refractivity (Wildman–Crippen MR) is 75.8 cm³/mol. The molecule has 4 nitrogen and oxygen atoms in total. The van der Waals surface area contributed by atoms with Gasteiger partial charge in [-0.05, 0) is 30.5 Å². The third-order valence-corrected chi connectivity index (χ3v) is 4.20. The van der Waals surface area contributed by atoms with Gasteiger partial charge in [0, 0.05) is 17.6 Å². The second-order valence-electron chi connectivity index (χ2n) is 5.15. The van der Waals surface area contributed by atoms with Crippen molar-refractivity contribution in [3.63, 3.8) is 0 Å². The predicted octanol–water partition coefficient (Wildman–Crippen LogP) is 1.54. The summed E-state index contributed by atoms with van der Waals surface area (Å²) < 4.78 is 6.53. The van der Waals surface area contributed by atoms with E-state index in [1.165, 1.54) is 5.56 Å². The number of rotatable bonds is 3. The molecule has 1 unspecified atom stereocenters. The average Bonchev–Trinajstić information content (AvgIpc) is 3.21. The van der Waals surface area contributed by atoms with Crippen molar-refractivity contribution in [1.82, 2.24) is 10.6 Å². The molecule has 5 heteroatoms. The first kappa shape index (κ1) is 13.1. The van der Waals surface area contributed by atoms with Crippen LogP contribution in [0.5, 0.6) is 0 Å². The third kappa shape index (κ3) is 2.83. The highest BCUT2D eigenvalue weighted by Crippen LogP contribution is 2.46. The quantitative estimate of drug-likeness (QED) is 0.886. The zero-order valence-electron chi connectivity index (χ0n) is 10.6. The Morgan fingerprint density at radius 1 is 1.47 bits per heavy atom. The topological polar surface area (TPSA) is 50.4 Å². The number of benzene rings is 1. The number of ether oxygens (including phenoxy) is 1. The molecule has 0 radical (unpaired) electrons. The molecule has 1 saturated heterocycles. The van der Waals surface area contributed by atoms with E-state index in [4.69, 9.17) is 4.74 Å². The summed E-state index contributed by atoms with van der Waals surface area (Å²) in [6, 6.07) is 8.14. The van der Waals surface area contributed by atoms with E-state index in [1.807, 2.05) is 12.1 Å². The van der Waals surface area contributed by atoms with Gasteiger partial charge >= 0.3 is 0 Å². The van der Waals surface area contributed by atoms with Crippen LogP contribution in [0.1, 0.15) is 18.4 Å². The van der Waals surface area contributed by atoms with E-state index in [2.05, 4.69) is 38.7 Å². The molecule has 2 aliphatic rings. The summed E-state index contributed by atoms with van der Waals surface area (Å²) in [5, 5.41) is 6.33. The lowest BCUT2D eigenvalue weighted by Crippen LogP contribution is -2.50. The maximum absolute atomic E-state index is 12.2. The van der Waals surface area contributed by atoms with Crippen LogP contribution in [-0.4, -0.2) is 31.7 Å². The molecule has 19 heavy (non-hydrogen) atoms. The molecule has 2 N–H and O–H groups in total. The Morgan fingerprint density at radius 3 is 2.95 bits per heavy atom. The summed E-state index contributed by atoms with van der Waals surface area (Å²) >= 11 is 3.48. The van der Waals surface area contributed by atoms with Gasteiger partial charge in [-0.2, -0.15) is 0 Å². The molecule has 1 aliphatic heterocycles. The van der Waals surface area contributed by atoms with Crippen molar-refractivity contribution in [2.75, 3.05) is 19.7 Å². The number of hydrogen-bond donors (Lipinski definition) is 2. The molecule has 1 aromatic carbocycles. The van der Waals surface area contributed by atoms with Crippen LogP contribution in [0, 0.1) is 0 Å². The zero-order chi connectivity index (χ0) is 13.3. The standard InChI is InChI=1S/C14H17BrN2O2/c15-11-3-1-2-10(8-11)14(4-5-14)17-13(18)12-9-16-6-7-19-12/h1-3,8,12,16H,4-7,9H2,(H,17,18). The minimum Gasteiger partial charge on any atom is -0.366 e. The van der Waals surface area contributed by atoms with Crippen LogP contribution in [0.4, 0.5) is 0 Å². The minimum atomic E-state index is -0.363.